The van der Waals surface area contributed by atoms with Crippen LogP contribution in [0.4, 0.5) is 0 Å². The van der Waals surface area contributed by atoms with Gasteiger partial charge in [0.15, 0.2) is 0 Å². The van der Waals surface area contributed by atoms with Crippen molar-refractivity contribution < 1.29 is 19.4 Å². The van der Waals surface area contributed by atoms with E-state index in [1.54, 1.807) is 18.2 Å². The van der Waals surface area contributed by atoms with Crippen molar-refractivity contribution in [1.82, 2.24) is 0 Å². The molecule has 0 saturated carbocycles. The summed E-state index contributed by atoms with van der Waals surface area (Å²) in [6.45, 7) is 0. The fourth-order valence-electron chi connectivity index (χ4n) is 2.10. The van der Waals surface area contributed by atoms with Crippen LogP contribution in [-0.4, -0.2) is 16.2 Å². The van der Waals surface area contributed by atoms with E-state index in [0.29, 0.717) is 16.5 Å². The van der Waals surface area contributed by atoms with Gasteiger partial charge in [0.1, 0.15) is 22.7 Å². The fraction of sp³-hybridized carbons (Fsp3) is 0. The first-order valence-electron chi connectivity index (χ1n) is 5.81. The molecule has 0 spiro atoms. The molecule has 2 N–H and O–H groups in total. The van der Waals surface area contributed by atoms with Crippen molar-refractivity contribution in [3.63, 3.8) is 0 Å². The molecule has 0 radical (unpaired) electrons. The molecule has 0 unspecified atom stereocenters. The fourth-order valence-corrected chi connectivity index (χ4v) is 2.37. The van der Waals surface area contributed by atoms with E-state index in [2.05, 4.69) is 15.9 Å². The van der Waals surface area contributed by atoms with Gasteiger partial charge < -0.3 is 14.6 Å². The Morgan fingerprint density at radius 3 is 2.45 bits per heavy atom. The summed E-state index contributed by atoms with van der Waals surface area (Å²) in [5.74, 6) is -0.805. The Kier molecular flexibility index (Phi) is 2.99. The van der Waals surface area contributed by atoms with Crippen LogP contribution < -0.4 is 0 Å². The monoisotopic (exact) mass is 332 g/mol. The third-order valence-electron chi connectivity index (χ3n) is 2.99. The molecule has 0 aliphatic heterocycles. The molecule has 20 heavy (non-hydrogen) atoms. The standard InChI is InChI=1S/C15H9BrO4/c16-9-3-1-8(2-4-9)14-13(15(18)19)11-7-10(17)5-6-12(11)20-14/h1-7,17H,(H,18,19). The summed E-state index contributed by atoms with van der Waals surface area (Å²) in [5.41, 5.74) is 1.15. The van der Waals surface area contributed by atoms with Crippen molar-refractivity contribution in [2.24, 2.45) is 0 Å². The predicted octanol–water partition coefficient (Wildman–Crippen LogP) is 4.27. The molecule has 0 bridgehead atoms. The van der Waals surface area contributed by atoms with Gasteiger partial charge in [-0.3, -0.25) is 0 Å². The number of aromatic hydroxyl groups is 1. The highest BCUT2D eigenvalue weighted by Crippen LogP contribution is 2.35. The number of halogens is 1. The third-order valence-corrected chi connectivity index (χ3v) is 3.52. The van der Waals surface area contributed by atoms with Crippen LogP contribution in [0.3, 0.4) is 0 Å². The second-order valence-corrected chi connectivity index (χ2v) is 5.21. The van der Waals surface area contributed by atoms with Crippen molar-refractivity contribution in [2.45, 2.75) is 0 Å². The van der Waals surface area contributed by atoms with E-state index in [4.69, 9.17) is 4.42 Å². The van der Waals surface area contributed by atoms with E-state index in [1.807, 2.05) is 12.1 Å². The lowest BCUT2D eigenvalue weighted by atomic mass is 10.1. The molecule has 3 aromatic rings. The lowest BCUT2D eigenvalue weighted by Gasteiger charge is -1.99. The largest absolute Gasteiger partial charge is 0.508 e. The van der Waals surface area contributed by atoms with Crippen LogP contribution in [-0.2, 0) is 0 Å². The zero-order valence-corrected chi connectivity index (χ0v) is 11.7. The highest BCUT2D eigenvalue weighted by molar-refractivity contribution is 9.10. The van der Waals surface area contributed by atoms with Gasteiger partial charge in [-0.25, -0.2) is 4.79 Å². The predicted molar refractivity (Wildman–Crippen MR) is 78.0 cm³/mol. The molecular formula is C15H9BrO4. The van der Waals surface area contributed by atoms with Gasteiger partial charge in [0.2, 0.25) is 0 Å². The summed E-state index contributed by atoms with van der Waals surface area (Å²) in [7, 11) is 0. The lowest BCUT2D eigenvalue weighted by molar-refractivity contribution is 0.0699. The van der Waals surface area contributed by atoms with Gasteiger partial charge in [-0.1, -0.05) is 28.1 Å². The van der Waals surface area contributed by atoms with Gasteiger partial charge in [0, 0.05) is 15.4 Å². The quantitative estimate of drug-likeness (QED) is 0.735. The van der Waals surface area contributed by atoms with E-state index in [0.717, 1.165) is 4.47 Å². The molecule has 0 atom stereocenters. The highest BCUT2D eigenvalue weighted by atomic mass is 79.9. The molecule has 2 aromatic carbocycles. The van der Waals surface area contributed by atoms with Crippen LogP contribution >= 0.6 is 15.9 Å². The Morgan fingerprint density at radius 1 is 1.10 bits per heavy atom. The van der Waals surface area contributed by atoms with Crippen LogP contribution in [0.25, 0.3) is 22.3 Å². The summed E-state index contributed by atoms with van der Waals surface area (Å²) in [5, 5.41) is 19.3. The van der Waals surface area contributed by atoms with Gasteiger partial charge >= 0.3 is 5.97 Å². The summed E-state index contributed by atoms with van der Waals surface area (Å²) in [6.07, 6.45) is 0. The molecule has 0 aliphatic carbocycles. The average molecular weight is 333 g/mol. The first kappa shape index (κ1) is 12.7. The van der Waals surface area contributed by atoms with Crippen molar-refractivity contribution >= 4 is 32.9 Å². The van der Waals surface area contributed by atoms with Gasteiger partial charge in [-0.15, -0.1) is 0 Å². The second kappa shape index (κ2) is 4.68. The number of phenolic OH excluding ortho intramolecular Hbond substituents is 1. The molecule has 0 aliphatic rings. The second-order valence-electron chi connectivity index (χ2n) is 4.30. The SMILES string of the molecule is O=C(O)c1c(-c2ccc(Br)cc2)oc2ccc(O)cc12. The van der Waals surface area contributed by atoms with Crippen LogP contribution in [0.2, 0.25) is 0 Å². The van der Waals surface area contributed by atoms with E-state index in [-0.39, 0.29) is 17.1 Å². The minimum Gasteiger partial charge on any atom is -0.508 e. The molecule has 0 fully saturated rings. The Hall–Kier alpha value is -2.27. The van der Waals surface area contributed by atoms with E-state index in [1.165, 1.54) is 12.1 Å². The maximum absolute atomic E-state index is 11.5. The average Bonchev–Trinajstić information content (AvgIpc) is 2.78. The first-order valence-corrected chi connectivity index (χ1v) is 6.60. The number of rotatable bonds is 2. The number of carbonyl (C=O) groups is 1. The molecule has 0 amide bonds. The van der Waals surface area contributed by atoms with Crippen molar-refractivity contribution in [1.29, 1.82) is 0 Å². The normalized spacial score (nSPS) is 10.8. The van der Waals surface area contributed by atoms with Gasteiger partial charge in [-0.2, -0.15) is 0 Å². The molecular weight excluding hydrogens is 324 g/mol. The number of furan rings is 1. The molecule has 3 rings (SSSR count). The van der Waals surface area contributed by atoms with Crippen LogP contribution in [0, 0.1) is 0 Å². The zero-order chi connectivity index (χ0) is 14.3. The molecule has 0 saturated heterocycles. The van der Waals surface area contributed by atoms with Gasteiger partial charge in [0.05, 0.1) is 0 Å². The number of phenols is 1. The molecule has 5 heteroatoms. The maximum atomic E-state index is 11.5. The molecule has 4 nitrogen and oxygen atoms in total. The van der Waals surface area contributed by atoms with Crippen molar-refractivity contribution in [3.05, 3.63) is 52.5 Å². The number of carboxylic acids is 1. The Labute approximate surface area is 122 Å². The topological polar surface area (TPSA) is 70.7 Å². The minimum absolute atomic E-state index is 0.00292. The minimum atomic E-state index is -1.09. The molecule has 1 heterocycles. The van der Waals surface area contributed by atoms with Crippen LogP contribution in [0.5, 0.6) is 5.75 Å². The van der Waals surface area contributed by atoms with Crippen LogP contribution in [0.15, 0.2) is 51.4 Å². The van der Waals surface area contributed by atoms with E-state index < -0.39 is 5.97 Å². The van der Waals surface area contributed by atoms with E-state index in [9.17, 15) is 15.0 Å². The number of aromatic carboxylic acids is 1. The molecule has 100 valence electrons. The van der Waals surface area contributed by atoms with E-state index >= 15 is 0 Å². The summed E-state index contributed by atoms with van der Waals surface area (Å²) in [4.78, 5) is 11.5. The van der Waals surface area contributed by atoms with Gasteiger partial charge in [-0.05, 0) is 30.3 Å². The van der Waals surface area contributed by atoms with Crippen molar-refractivity contribution in [3.8, 4) is 17.1 Å². The lowest BCUT2D eigenvalue weighted by Crippen LogP contribution is -1.96. The summed E-state index contributed by atoms with van der Waals surface area (Å²) < 4.78 is 6.53. The number of carboxylic acid groups (broad SMARTS) is 1. The number of fused-ring (bicyclic) bond motifs is 1. The first-order chi connectivity index (χ1) is 9.56. The summed E-state index contributed by atoms with van der Waals surface area (Å²) in [6, 6.07) is 11.6. The number of hydrogen-bond donors (Lipinski definition) is 2. The number of hydrogen-bond acceptors (Lipinski definition) is 3. The Morgan fingerprint density at radius 2 is 1.80 bits per heavy atom. The van der Waals surface area contributed by atoms with Crippen molar-refractivity contribution in [2.75, 3.05) is 0 Å². The molecule has 1 aromatic heterocycles. The number of benzene rings is 2. The highest BCUT2D eigenvalue weighted by Gasteiger charge is 2.21. The Balaban J connectivity index is 2.32. The smallest absolute Gasteiger partial charge is 0.340 e. The van der Waals surface area contributed by atoms with Crippen LogP contribution in [0.1, 0.15) is 10.4 Å². The van der Waals surface area contributed by atoms with Gasteiger partial charge in [0.25, 0.3) is 0 Å². The Bertz CT molecular complexity index is 803. The summed E-state index contributed by atoms with van der Waals surface area (Å²) >= 11 is 3.33. The maximum Gasteiger partial charge on any atom is 0.340 e. The zero-order valence-electron chi connectivity index (χ0n) is 10.1. The third kappa shape index (κ3) is 2.06.